The number of rotatable bonds is 11. The van der Waals surface area contributed by atoms with Gasteiger partial charge in [-0.3, -0.25) is 9.36 Å². The number of aromatic nitrogens is 4. The Labute approximate surface area is 252 Å². The summed E-state index contributed by atoms with van der Waals surface area (Å²) in [5.41, 5.74) is -0.240. The minimum absolute atomic E-state index is 0.00665. The van der Waals surface area contributed by atoms with Crippen LogP contribution < -0.4 is 19.8 Å². The molecule has 3 aromatic heterocycles. The molecule has 0 aliphatic carbocycles. The number of likely N-dealkylation sites (N-methyl/N-ethyl adjacent to an activating group) is 1. The van der Waals surface area contributed by atoms with Crippen LogP contribution in [-0.4, -0.2) is 83.4 Å². The van der Waals surface area contributed by atoms with Gasteiger partial charge >= 0.3 is 5.97 Å². The van der Waals surface area contributed by atoms with Gasteiger partial charge < -0.3 is 24.0 Å². The van der Waals surface area contributed by atoms with Gasteiger partial charge in [0.25, 0.3) is 0 Å². The lowest BCUT2D eigenvalue weighted by atomic mass is 10.1. The molecule has 13 heteroatoms. The molecule has 0 spiro atoms. The molecular formula is C30H32ClFN6O5. The minimum Gasteiger partial charge on any atom is -0.475 e. The number of carbonyl (C=O) groups excluding carboxylic acids is 1. The summed E-state index contributed by atoms with van der Waals surface area (Å²) in [6.07, 6.45) is 7.45. The van der Waals surface area contributed by atoms with Gasteiger partial charge in [0.1, 0.15) is 29.6 Å². The topological polar surface area (TPSA) is 112 Å². The fraction of sp³-hybridized carbons (Fsp3) is 0.367. The number of pyridine rings is 2. The van der Waals surface area contributed by atoms with Crippen LogP contribution in [-0.2, 0) is 4.74 Å². The normalized spacial score (nSPS) is 14.8. The number of benzene rings is 1. The van der Waals surface area contributed by atoms with Crippen LogP contribution >= 0.6 is 11.6 Å². The first-order chi connectivity index (χ1) is 20.8. The highest BCUT2D eigenvalue weighted by Gasteiger charge is 2.29. The van der Waals surface area contributed by atoms with Gasteiger partial charge in [0.05, 0.1) is 41.6 Å². The van der Waals surface area contributed by atoms with Crippen molar-refractivity contribution < 1.29 is 23.4 Å². The lowest BCUT2D eigenvalue weighted by Gasteiger charge is -2.27. The molecule has 11 nitrogen and oxygen atoms in total. The zero-order valence-corrected chi connectivity index (χ0v) is 24.9. The lowest BCUT2D eigenvalue weighted by Crippen LogP contribution is -2.35. The molecule has 0 N–H and O–H groups in total. The number of hydrogen-bond donors (Lipinski definition) is 0. The largest absolute Gasteiger partial charge is 0.475 e. The summed E-state index contributed by atoms with van der Waals surface area (Å²) in [5, 5.41) is 0.396. The average Bonchev–Trinajstić information content (AvgIpc) is 3.46. The summed E-state index contributed by atoms with van der Waals surface area (Å²) in [5.74, 6) is -0.478. The monoisotopic (exact) mass is 610 g/mol. The molecular weight excluding hydrogens is 579 g/mol. The van der Waals surface area contributed by atoms with Crippen molar-refractivity contribution in [2.75, 3.05) is 51.9 Å². The molecule has 1 aliphatic heterocycles. The van der Waals surface area contributed by atoms with Gasteiger partial charge in [-0.25, -0.2) is 24.1 Å². The van der Waals surface area contributed by atoms with Crippen molar-refractivity contribution in [3.63, 3.8) is 0 Å². The van der Waals surface area contributed by atoms with Crippen molar-refractivity contribution in [3.8, 4) is 17.6 Å². The first-order valence-electron chi connectivity index (χ1n) is 13.9. The maximum atomic E-state index is 15.8. The first kappa shape index (κ1) is 30.2. The van der Waals surface area contributed by atoms with Crippen molar-refractivity contribution in [2.24, 2.45) is 0 Å². The van der Waals surface area contributed by atoms with Gasteiger partial charge in [0.15, 0.2) is 5.82 Å². The first-order valence-corrected chi connectivity index (χ1v) is 14.3. The third-order valence-electron chi connectivity index (χ3n) is 7.04. The Morgan fingerprint density at radius 3 is 2.74 bits per heavy atom. The number of anilines is 1. The summed E-state index contributed by atoms with van der Waals surface area (Å²) in [6, 6.07) is 5.99. The quantitative estimate of drug-likeness (QED) is 0.230. The molecule has 1 atom stereocenters. The zero-order valence-electron chi connectivity index (χ0n) is 24.1. The van der Waals surface area contributed by atoms with Crippen LogP contribution in [0.1, 0.15) is 30.1 Å². The summed E-state index contributed by atoms with van der Waals surface area (Å²) in [4.78, 5) is 43.0. The highest BCUT2D eigenvalue weighted by atomic mass is 35.5. The third kappa shape index (κ3) is 6.70. The second kappa shape index (κ2) is 13.3. The van der Waals surface area contributed by atoms with E-state index in [9.17, 15) is 9.59 Å². The van der Waals surface area contributed by atoms with Crippen molar-refractivity contribution in [1.82, 2.24) is 24.4 Å². The predicted molar refractivity (Wildman–Crippen MR) is 160 cm³/mol. The van der Waals surface area contributed by atoms with E-state index in [1.54, 1.807) is 31.3 Å². The smallest absolute Gasteiger partial charge is 0.343 e. The van der Waals surface area contributed by atoms with E-state index in [0.717, 1.165) is 18.9 Å². The number of nitrogens with zero attached hydrogens (tertiary/aromatic N) is 6. The number of halogens is 2. The van der Waals surface area contributed by atoms with E-state index < -0.39 is 17.2 Å². The molecule has 4 heterocycles. The summed E-state index contributed by atoms with van der Waals surface area (Å²) >= 11 is 6.20. The molecule has 1 fully saturated rings. The van der Waals surface area contributed by atoms with Gasteiger partial charge in [-0.05, 0) is 58.1 Å². The van der Waals surface area contributed by atoms with E-state index in [4.69, 9.17) is 25.8 Å². The standard InChI is InChI=1S/C30H32ClFN6O5/c1-4-41-30(40)21-17-38(26-15-35-27(16-34-26)42-12-11-36(2)3)24-14-25(23(32)13-20(24)28(21)39)37-10-6-7-19(37)18-43-29-22(31)8-5-9-33-29/h5,8-9,13-17,19H,4,6-7,10-12,18H2,1-3H3. The van der Waals surface area contributed by atoms with E-state index >= 15 is 4.39 Å². The van der Waals surface area contributed by atoms with Crippen LogP contribution in [0.2, 0.25) is 5.02 Å². The molecule has 1 aromatic carbocycles. The molecule has 4 aromatic rings. The van der Waals surface area contributed by atoms with E-state index in [0.29, 0.717) is 53.5 Å². The molecule has 1 saturated heterocycles. The minimum atomic E-state index is -0.811. The number of hydrogen-bond acceptors (Lipinski definition) is 10. The second-order valence-electron chi connectivity index (χ2n) is 10.2. The number of ether oxygens (including phenoxy) is 3. The maximum absolute atomic E-state index is 15.8. The third-order valence-corrected chi connectivity index (χ3v) is 7.33. The average molecular weight is 611 g/mol. The number of fused-ring (bicyclic) bond motifs is 1. The molecule has 0 saturated carbocycles. The molecule has 5 rings (SSSR count). The van der Waals surface area contributed by atoms with Crippen LogP contribution in [0, 0.1) is 5.82 Å². The van der Waals surface area contributed by atoms with Crippen LogP contribution in [0.4, 0.5) is 10.1 Å². The van der Waals surface area contributed by atoms with Crippen molar-refractivity contribution in [2.45, 2.75) is 25.8 Å². The van der Waals surface area contributed by atoms with Crippen molar-refractivity contribution in [3.05, 3.63) is 75.7 Å². The van der Waals surface area contributed by atoms with E-state index in [2.05, 4.69) is 15.0 Å². The van der Waals surface area contributed by atoms with Gasteiger partial charge in [0, 0.05) is 25.5 Å². The van der Waals surface area contributed by atoms with Crippen LogP contribution in [0.5, 0.6) is 11.8 Å². The molecule has 1 unspecified atom stereocenters. The molecule has 1 aliphatic rings. The highest BCUT2D eigenvalue weighted by Crippen LogP contribution is 2.32. The Balaban J connectivity index is 1.54. The van der Waals surface area contributed by atoms with Gasteiger partial charge in [-0.1, -0.05) is 11.6 Å². The Hall–Kier alpha value is -4.29. The van der Waals surface area contributed by atoms with E-state index in [1.807, 2.05) is 23.9 Å². The predicted octanol–water partition coefficient (Wildman–Crippen LogP) is 4.13. The van der Waals surface area contributed by atoms with E-state index in [1.165, 1.54) is 23.2 Å². The maximum Gasteiger partial charge on any atom is 0.343 e. The SMILES string of the molecule is CCOC(=O)c1cn(-c2cnc(OCCN(C)C)cn2)c2cc(N3CCCC3COc3ncccc3Cl)c(F)cc2c1=O. The van der Waals surface area contributed by atoms with Crippen LogP contribution in [0.15, 0.2) is 53.8 Å². The number of carbonyl (C=O) groups is 1. The summed E-state index contributed by atoms with van der Waals surface area (Å²) < 4.78 is 34.0. The fourth-order valence-electron chi connectivity index (χ4n) is 4.92. The molecule has 0 bridgehead atoms. The van der Waals surface area contributed by atoms with Crippen LogP contribution in [0.3, 0.4) is 0 Å². The Bertz CT molecular complexity index is 1670. The van der Waals surface area contributed by atoms with Crippen molar-refractivity contribution in [1.29, 1.82) is 0 Å². The summed E-state index contributed by atoms with van der Waals surface area (Å²) in [7, 11) is 3.87. The number of esters is 1. The molecule has 0 amide bonds. The fourth-order valence-corrected chi connectivity index (χ4v) is 5.09. The van der Waals surface area contributed by atoms with Gasteiger partial charge in [-0.2, -0.15) is 0 Å². The van der Waals surface area contributed by atoms with Crippen molar-refractivity contribution >= 4 is 34.2 Å². The highest BCUT2D eigenvalue weighted by molar-refractivity contribution is 6.31. The van der Waals surface area contributed by atoms with Gasteiger partial charge in [0.2, 0.25) is 17.2 Å². The Morgan fingerprint density at radius 2 is 2.02 bits per heavy atom. The molecule has 43 heavy (non-hydrogen) atoms. The van der Waals surface area contributed by atoms with E-state index in [-0.39, 0.29) is 30.2 Å². The Kier molecular flexibility index (Phi) is 9.37. The van der Waals surface area contributed by atoms with Crippen LogP contribution in [0.25, 0.3) is 16.7 Å². The van der Waals surface area contributed by atoms with Gasteiger partial charge in [-0.15, -0.1) is 0 Å². The molecule has 0 radical (unpaired) electrons. The zero-order chi connectivity index (χ0) is 30.5. The Morgan fingerprint density at radius 1 is 1.19 bits per heavy atom. The lowest BCUT2D eigenvalue weighted by molar-refractivity contribution is 0.0524. The summed E-state index contributed by atoms with van der Waals surface area (Å²) in [6.45, 7) is 3.65. The second-order valence-corrected chi connectivity index (χ2v) is 10.6. The molecule has 226 valence electrons.